The van der Waals surface area contributed by atoms with Crippen LogP contribution in [0.25, 0.3) is 11.1 Å². The van der Waals surface area contributed by atoms with Crippen LogP contribution in [0.3, 0.4) is 0 Å². The molecule has 0 nitrogen and oxygen atoms in total. The van der Waals surface area contributed by atoms with Gasteiger partial charge in [0, 0.05) is 0 Å². The monoisotopic (exact) mass is 322 g/mol. The first kappa shape index (κ1) is 13.5. The molecule has 0 atom stereocenters. The number of allylic oxidation sites excluding steroid dienone is 4. The number of rotatable bonds is 3. The maximum atomic E-state index is 2.44. The van der Waals surface area contributed by atoms with Crippen molar-refractivity contribution in [1.29, 1.82) is 0 Å². The van der Waals surface area contributed by atoms with E-state index < -0.39 is 14.7 Å². The van der Waals surface area contributed by atoms with Gasteiger partial charge in [-0.3, -0.25) is 0 Å². The van der Waals surface area contributed by atoms with E-state index in [0.717, 1.165) is 6.42 Å². The molecule has 0 aromatic heterocycles. The molecule has 0 fully saturated rings. The molecule has 20 heavy (non-hydrogen) atoms. The van der Waals surface area contributed by atoms with Crippen molar-refractivity contribution in [3.8, 4) is 0 Å². The van der Waals surface area contributed by atoms with Crippen molar-refractivity contribution in [3.05, 3.63) is 82.2 Å². The van der Waals surface area contributed by atoms with E-state index in [2.05, 4.69) is 78.2 Å². The van der Waals surface area contributed by atoms with Gasteiger partial charge in [0.2, 0.25) is 0 Å². The van der Waals surface area contributed by atoms with Gasteiger partial charge in [-0.05, 0) is 0 Å². The molecular weight excluding hydrogens is 303 g/mol. The minimum absolute atomic E-state index is 0.854. The maximum absolute atomic E-state index is 2.44. The summed E-state index contributed by atoms with van der Waals surface area (Å²) >= 11 is -0.854. The number of hydrogen-bond donors (Lipinski definition) is 0. The van der Waals surface area contributed by atoms with Gasteiger partial charge in [-0.2, -0.15) is 0 Å². The van der Waals surface area contributed by atoms with Crippen LogP contribution < -0.4 is 0 Å². The van der Waals surface area contributed by atoms with Crippen molar-refractivity contribution in [2.24, 2.45) is 0 Å². The first-order valence-corrected chi connectivity index (χ1v) is 11.7. The predicted octanol–water partition coefficient (Wildman–Crippen LogP) is 5.22. The first-order chi connectivity index (χ1) is 9.77. The van der Waals surface area contributed by atoms with E-state index >= 15 is 0 Å². The zero-order valence-electron chi connectivity index (χ0n) is 12.0. The van der Waals surface area contributed by atoms with Crippen molar-refractivity contribution >= 4 is 25.8 Å². The Hall–Kier alpha value is -1.52. The Labute approximate surface area is 126 Å². The summed E-state index contributed by atoms with van der Waals surface area (Å²) in [4.78, 5) is 0. The molecule has 0 bridgehead atoms. The molecule has 1 aliphatic carbocycles. The number of benzene rings is 2. The molecule has 0 amide bonds. The summed E-state index contributed by atoms with van der Waals surface area (Å²) in [6.45, 7) is 0. The Kier molecular flexibility index (Phi) is 3.94. The molecule has 0 saturated carbocycles. The van der Waals surface area contributed by atoms with Gasteiger partial charge in [0.05, 0.1) is 0 Å². The summed E-state index contributed by atoms with van der Waals surface area (Å²) < 4.78 is 1.70. The summed E-state index contributed by atoms with van der Waals surface area (Å²) in [6.07, 6.45) is 3.56. The Balaban J connectivity index is 2.13. The van der Waals surface area contributed by atoms with Gasteiger partial charge in [-0.1, -0.05) is 0 Å². The van der Waals surface area contributed by atoms with E-state index in [1.807, 2.05) is 0 Å². The van der Waals surface area contributed by atoms with Crippen LogP contribution in [0.15, 0.2) is 71.1 Å². The average Bonchev–Trinajstić information content (AvgIpc) is 2.94. The Bertz CT molecular complexity index is 649. The van der Waals surface area contributed by atoms with E-state index in [0.29, 0.717) is 0 Å². The average molecular weight is 322 g/mol. The fourth-order valence-corrected chi connectivity index (χ4v) is 5.19. The molecule has 100 valence electrons. The van der Waals surface area contributed by atoms with Gasteiger partial charge in [-0.25, -0.2) is 0 Å². The molecule has 0 radical (unpaired) electrons. The Morgan fingerprint density at radius 2 is 1.30 bits per heavy atom. The molecule has 0 unspecified atom stereocenters. The van der Waals surface area contributed by atoms with E-state index in [9.17, 15) is 0 Å². The fraction of sp³-hybridized carbons (Fsp3) is 0.158. The second-order valence-electron chi connectivity index (χ2n) is 5.27. The van der Waals surface area contributed by atoms with Crippen LogP contribution in [0.4, 0.5) is 0 Å². The van der Waals surface area contributed by atoms with Gasteiger partial charge in [0.15, 0.2) is 0 Å². The molecule has 0 N–H and O–H groups in total. The van der Waals surface area contributed by atoms with Crippen molar-refractivity contribution in [2.45, 2.75) is 17.8 Å². The summed E-state index contributed by atoms with van der Waals surface area (Å²) in [5.41, 5.74) is 10.5. The van der Waals surface area contributed by atoms with Crippen LogP contribution in [0.2, 0.25) is 11.4 Å². The van der Waals surface area contributed by atoms with Gasteiger partial charge < -0.3 is 0 Å². The van der Waals surface area contributed by atoms with Crippen LogP contribution in [-0.2, 0) is 0 Å². The molecule has 0 spiro atoms. The van der Waals surface area contributed by atoms with Crippen molar-refractivity contribution in [3.63, 3.8) is 0 Å². The SMILES string of the molecule is C[As](C)C1=C(c2ccccc2)C(c2ccccc2)=CC1. The molecule has 0 heterocycles. The van der Waals surface area contributed by atoms with Crippen molar-refractivity contribution in [2.75, 3.05) is 0 Å². The molecule has 2 aromatic carbocycles. The van der Waals surface area contributed by atoms with Gasteiger partial charge >= 0.3 is 126 Å². The quantitative estimate of drug-likeness (QED) is 0.680. The minimum atomic E-state index is -0.854. The zero-order chi connectivity index (χ0) is 13.9. The fourth-order valence-electron chi connectivity index (χ4n) is 2.77. The summed E-state index contributed by atoms with van der Waals surface area (Å²) in [5.74, 6) is 0. The van der Waals surface area contributed by atoms with Crippen LogP contribution in [0.1, 0.15) is 17.5 Å². The number of hydrogen-bond acceptors (Lipinski definition) is 0. The molecule has 0 aliphatic heterocycles. The van der Waals surface area contributed by atoms with Crippen LogP contribution in [-0.4, -0.2) is 14.7 Å². The van der Waals surface area contributed by atoms with Gasteiger partial charge in [0.25, 0.3) is 0 Å². The molecule has 3 rings (SSSR count). The topological polar surface area (TPSA) is 0 Å². The Morgan fingerprint density at radius 3 is 1.85 bits per heavy atom. The van der Waals surface area contributed by atoms with E-state index in [1.165, 1.54) is 22.3 Å². The molecule has 1 aliphatic rings. The first-order valence-electron chi connectivity index (χ1n) is 6.99. The normalized spacial score (nSPS) is 14.8. The van der Waals surface area contributed by atoms with E-state index in [1.54, 1.807) is 4.36 Å². The molecule has 1 heteroatoms. The zero-order valence-corrected chi connectivity index (χ0v) is 13.9. The van der Waals surface area contributed by atoms with Crippen LogP contribution >= 0.6 is 0 Å². The van der Waals surface area contributed by atoms with E-state index in [4.69, 9.17) is 0 Å². The summed E-state index contributed by atoms with van der Waals surface area (Å²) in [5, 5.41) is 0. The molecule has 0 saturated heterocycles. The van der Waals surface area contributed by atoms with Crippen LogP contribution in [0.5, 0.6) is 0 Å². The molecular formula is C19H19As. The standard InChI is InChI=1S/C19H19As/c1-20(2)18-14-13-17(15-9-5-3-6-10-15)19(18)16-11-7-4-8-12-16/h3-13H,14H2,1-2H3. The second kappa shape index (κ2) is 5.85. The van der Waals surface area contributed by atoms with Crippen LogP contribution in [0, 0.1) is 0 Å². The third kappa shape index (κ3) is 2.53. The third-order valence-electron chi connectivity index (χ3n) is 3.74. The van der Waals surface area contributed by atoms with Crippen molar-refractivity contribution < 1.29 is 0 Å². The Morgan fingerprint density at radius 1 is 0.750 bits per heavy atom. The predicted molar refractivity (Wildman–Crippen MR) is 89.9 cm³/mol. The second-order valence-corrected chi connectivity index (χ2v) is 10.2. The van der Waals surface area contributed by atoms with Crippen molar-refractivity contribution in [1.82, 2.24) is 0 Å². The van der Waals surface area contributed by atoms with Gasteiger partial charge in [-0.15, -0.1) is 0 Å². The third-order valence-corrected chi connectivity index (χ3v) is 6.86. The van der Waals surface area contributed by atoms with Gasteiger partial charge in [0.1, 0.15) is 0 Å². The summed E-state index contributed by atoms with van der Waals surface area (Å²) in [6, 6.07) is 21.7. The van der Waals surface area contributed by atoms with E-state index in [-0.39, 0.29) is 0 Å². The molecule has 2 aromatic rings. The summed E-state index contributed by atoms with van der Waals surface area (Å²) in [7, 11) is 0.